The lowest BCUT2D eigenvalue weighted by Crippen LogP contribution is -2.41. The third-order valence-electron chi connectivity index (χ3n) is 3.34. The van der Waals surface area contributed by atoms with Crippen molar-refractivity contribution in [2.45, 2.75) is 52.5 Å². The van der Waals surface area contributed by atoms with Crippen molar-refractivity contribution in [1.82, 2.24) is 5.32 Å². The van der Waals surface area contributed by atoms with Crippen LogP contribution >= 0.6 is 0 Å². The first-order valence-corrected chi connectivity index (χ1v) is 5.99. The quantitative estimate of drug-likeness (QED) is 0.678. The van der Waals surface area contributed by atoms with Crippen LogP contribution in [0.25, 0.3) is 0 Å². The zero-order valence-electron chi connectivity index (χ0n) is 9.97. The molecule has 1 saturated carbocycles. The van der Waals surface area contributed by atoms with Gasteiger partial charge in [-0.15, -0.1) is 0 Å². The zero-order chi connectivity index (χ0) is 10.6. The minimum atomic E-state index is 0.737. The second kappa shape index (κ2) is 5.55. The van der Waals surface area contributed by atoms with Crippen LogP contribution in [0, 0.1) is 11.8 Å². The monoisotopic (exact) mass is 195 g/mol. The van der Waals surface area contributed by atoms with Gasteiger partial charge < -0.3 is 5.32 Å². The van der Waals surface area contributed by atoms with Crippen molar-refractivity contribution in [3.05, 3.63) is 12.2 Å². The van der Waals surface area contributed by atoms with Gasteiger partial charge in [-0.25, -0.2) is 0 Å². The molecule has 1 aliphatic rings. The zero-order valence-corrected chi connectivity index (χ0v) is 9.97. The Morgan fingerprint density at radius 2 is 2.00 bits per heavy atom. The maximum absolute atomic E-state index is 3.95. The molecule has 0 spiro atoms. The predicted molar refractivity (Wildman–Crippen MR) is 63.4 cm³/mol. The Balaban J connectivity index is 2.41. The Morgan fingerprint density at radius 3 is 2.57 bits per heavy atom. The molecule has 0 aromatic rings. The lowest BCUT2D eigenvalue weighted by atomic mass is 9.78. The lowest BCUT2D eigenvalue weighted by molar-refractivity contribution is 0.209. The van der Waals surface area contributed by atoms with Gasteiger partial charge in [-0.2, -0.15) is 0 Å². The number of hydrogen-bond acceptors (Lipinski definition) is 1. The van der Waals surface area contributed by atoms with Crippen molar-refractivity contribution >= 4 is 0 Å². The molecule has 1 nitrogen and oxygen atoms in total. The van der Waals surface area contributed by atoms with Crippen molar-refractivity contribution in [3.63, 3.8) is 0 Å². The smallest absolute Gasteiger partial charge is 0.0161 e. The van der Waals surface area contributed by atoms with Crippen LogP contribution < -0.4 is 5.32 Å². The fraction of sp³-hybridized carbons (Fsp3) is 0.846. The van der Waals surface area contributed by atoms with Crippen LogP contribution in [0.4, 0.5) is 0 Å². The van der Waals surface area contributed by atoms with Crippen molar-refractivity contribution in [2.75, 3.05) is 6.54 Å². The summed E-state index contributed by atoms with van der Waals surface area (Å²) in [5.74, 6) is 1.70. The molecule has 0 amide bonds. The molecule has 2 atom stereocenters. The molecule has 2 unspecified atom stereocenters. The first kappa shape index (κ1) is 11.8. The highest BCUT2D eigenvalue weighted by Gasteiger charge is 2.26. The molecule has 0 saturated heterocycles. The van der Waals surface area contributed by atoms with E-state index < -0.39 is 0 Å². The molecule has 1 rings (SSSR count). The fourth-order valence-electron chi connectivity index (χ4n) is 2.52. The summed E-state index contributed by atoms with van der Waals surface area (Å²) in [6, 6.07) is 0.737. The average molecular weight is 195 g/mol. The van der Waals surface area contributed by atoms with E-state index >= 15 is 0 Å². The molecular weight excluding hydrogens is 170 g/mol. The van der Waals surface area contributed by atoms with Crippen molar-refractivity contribution < 1.29 is 0 Å². The first-order valence-electron chi connectivity index (χ1n) is 5.99. The van der Waals surface area contributed by atoms with Gasteiger partial charge in [0.2, 0.25) is 0 Å². The molecule has 1 N–H and O–H groups in total. The van der Waals surface area contributed by atoms with Gasteiger partial charge in [-0.05, 0) is 31.6 Å². The van der Waals surface area contributed by atoms with E-state index in [4.69, 9.17) is 0 Å². The molecule has 1 aliphatic carbocycles. The van der Waals surface area contributed by atoms with E-state index in [0.717, 1.165) is 24.4 Å². The summed E-state index contributed by atoms with van der Waals surface area (Å²) in [7, 11) is 0. The van der Waals surface area contributed by atoms with E-state index in [9.17, 15) is 0 Å². The summed E-state index contributed by atoms with van der Waals surface area (Å²) in [6.45, 7) is 11.7. The van der Waals surface area contributed by atoms with Gasteiger partial charge in [0, 0.05) is 12.6 Å². The van der Waals surface area contributed by atoms with Gasteiger partial charge in [0.25, 0.3) is 0 Å². The van der Waals surface area contributed by atoms with Crippen LogP contribution in [-0.2, 0) is 0 Å². The van der Waals surface area contributed by atoms with Gasteiger partial charge in [0.05, 0.1) is 0 Å². The summed E-state index contributed by atoms with van der Waals surface area (Å²) in [6.07, 6.45) is 5.59. The van der Waals surface area contributed by atoms with E-state index in [1.165, 1.54) is 31.3 Å². The first-order chi connectivity index (χ1) is 6.61. The highest BCUT2D eigenvalue weighted by molar-refractivity contribution is 4.93. The molecule has 1 fully saturated rings. The van der Waals surface area contributed by atoms with Gasteiger partial charge in [-0.3, -0.25) is 0 Å². The number of rotatable bonds is 4. The maximum atomic E-state index is 3.95. The van der Waals surface area contributed by atoms with Crippen LogP contribution in [0.1, 0.15) is 46.5 Å². The standard InChI is InChI=1S/C13H25N/c1-10(2)9-14-13-8-6-5-7-12(13)11(3)4/h11-14H,1,5-9H2,2-4H3. The Bertz CT molecular complexity index is 184. The SMILES string of the molecule is C=C(C)CNC1CCCCC1C(C)C. The molecule has 0 aromatic carbocycles. The van der Waals surface area contributed by atoms with Crippen LogP contribution in [0.3, 0.4) is 0 Å². The second-order valence-electron chi connectivity index (χ2n) is 5.14. The van der Waals surface area contributed by atoms with Gasteiger partial charge in [-0.1, -0.05) is 38.8 Å². The minimum absolute atomic E-state index is 0.737. The summed E-state index contributed by atoms with van der Waals surface area (Å²) in [4.78, 5) is 0. The Labute approximate surface area is 89.0 Å². The van der Waals surface area contributed by atoms with Crippen LogP contribution in [0.15, 0.2) is 12.2 Å². The Kier molecular flexibility index (Phi) is 4.67. The lowest BCUT2D eigenvalue weighted by Gasteiger charge is -2.35. The molecular formula is C13H25N. The highest BCUT2D eigenvalue weighted by atomic mass is 14.9. The summed E-state index contributed by atoms with van der Waals surface area (Å²) >= 11 is 0. The second-order valence-corrected chi connectivity index (χ2v) is 5.14. The predicted octanol–water partition coefficient (Wildman–Crippen LogP) is 3.37. The van der Waals surface area contributed by atoms with Gasteiger partial charge in [0.15, 0.2) is 0 Å². The molecule has 0 heterocycles. The van der Waals surface area contributed by atoms with Crippen LogP contribution in [0.2, 0.25) is 0 Å². The molecule has 0 bridgehead atoms. The summed E-state index contributed by atoms with van der Waals surface area (Å²) in [5, 5.41) is 3.65. The Morgan fingerprint density at radius 1 is 1.36 bits per heavy atom. The van der Waals surface area contributed by atoms with E-state index in [0.29, 0.717) is 0 Å². The van der Waals surface area contributed by atoms with Crippen molar-refractivity contribution in [1.29, 1.82) is 0 Å². The molecule has 1 heteroatoms. The molecule has 0 aliphatic heterocycles. The molecule has 0 radical (unpaired) electrons. The van der Waals surface area contributed by atoms with E-state index in [1.807, 2.05) is 0 Å². The average Bonchev–Trinajstić information content (AvgIpc) is 2.15. The largest absolute Gasteiger partial charge is 0.310 e. The topological polar surface area (TPSA) is 12.0 Å². The number of nitrogens with one attached hydrogen (secondary N) is 1. The molecule has 0 aromatic heterocycles. The Hall–Kier alpha value is -0.300. The number of hydrogen-bond donors (Lipinski definition) is 1. The normalized spacial score (nSPS) is 28.0. The van der Waals surface area contributed by atoms with Crippen LogP contribution in [-0.4, -0.2) is 12.6 Å². The molecule has 82 valence electrons. The fourth-order valence-corrected chi connectivity index (χ4v) is 2.52. The van der Waals surface area contributed by atoms with E-state index in [2.05, 4.69) is 32.7 Å². The van der Waals surface area contributed by atoms with Crippen molar-refractivity contribution in [2.24, 2.45) is 11.8 Å². The third kappa shape index (κ3) is 3.45. The minimum Gasteiger partial charge on any atom is -0.310 e. The van der Waals surface area contributed by atoms with E-state index in [1.54, 1.807) is 0 Å². The van der Waals surface area contributed by atoms with Gasteiger partial charge >= 0.3 is 0 Å². The third-order valence-corrected chi connectivity index (χ3v) is 3.34. The van der Waals surface area contributed by atoms with E-state index in [-0.39, 0.29) is 0 Å². The van der Waals surface area contributed by atoms with Crippen molar-refractivity contribution in [3.8, 4) is 0 Å². The van der Waals surface area contributed by atoms with Gasteiger partial charge in [0.1, 0.15) is 0 Å². The summed E-state index contributed by atoms with van der Waals surface area (Å²) in [5.41, 5.74) is 1.25. The summed E-state index contributed by atoms with van der Waals surface area (Å²) < 4.78 is 0. The maximum Gasteiger partial charge on any atom is 0.0161 e. The molecule has 14 heavy (non-hydrogen) atoms. The van der Waals surface area contributed by atoms with Crippen LogP contribution in [0.5, 0.6) is 0 Å². The highest BCUT2D eigenvalue weighted by Crippen LogP contribution is 2.30.